The summed E-state index contributed by atoms with van der Waals surface area (Å²) >= 11 is 0. The molecule has 0 saturated heterocycles. The number of hydrogen-bond donors (Lipinski definition) is 0. The summed E-state index contributed by atoms with van der Waals surface area (Å²) in [6.07, 6.45) is 41.8. The Balaban J connectivity index is 0.000000418. The van der Waals surface area contributed by atoms with Gasteiger partial charge in [-0.25, -0.2) is 0 Å². The van der Waals surface area contributed by atoms with Gasteiger partial charge in [0.1, 0.15) is 0 Å². The van der Waals surface area contributed by atoms with Gasteiger partial charge in [0.15, 0.2) is 0 Å². The maximum atomic E-state index is 2.51. The summed E-state index contributed by atoms with van der Waals surface area (Å²) in [6, 6.07) is 0. The van der Waals surface area contributed by atoms with E-state index < -0.39 is 0 Å². The van der Waals surface area contributed by atoms with Crippen LogP contribution in [0.1, 0.15) is 201 Å². The van der Waals surface area contributed by atoms with Crippen LogP contribution in [0.4, 0.5) is 0 Å². The lowest BCUT2D eigenvalue weighted by atomic mass is 9.83. The quantitative estimate of drug-likeness (QED) is 0.253. The van der Waals surface area contributed by atoms with Gasteiger partial charge in [0, 0.05) is 0 Å². The van der Waals surface area contributed by atoms with E-state index in [2.05, 4.69) is 33.8 Å². The van der Waals surface area contributed by atoms with Crippen molar-refractivity contribution in [1.29, 1.82) is 0 Å². The molecule has 0 atom stereocenters. The molecule has 0 aromatic carbocycles. The summed E-state index contributed by atoms with van der Waals surface area (Å²) in [7, 11) is 0. The minimum atomic E-state index is 1.01. The Kier molecular flexibility index (Phi) is 28.8. The van der Waals surface area contributed by atoms with E-state index in [-0.39, 0.29) is 0 Å². The molecule has 0 amide bonds. The smallest absolute Gasteiger partial charge is 0.0203 e. The molecule has 0 aromatic rings. The van der Waals surface area contributed by atoms with Gasteiger partial charge >= 0.3 is 0 Å². The van der Waals surface area contributed by atoms with Crippen LogP contribution in [0.2, 0.25) is 0 Å². The maximum absolute atomic E-state index is 2.51. The molecule has 0 aliphatic heterocycles. The first-order valence-corrected chi connectivity index (χ1v) is 16.5. The van der Waals surface area contributed by atoms with Gasteiger partial charge < -0.3 is 0 Å². The Hall–Kier alpha value is -0.260. The van der Waals surface area contributed by atoms with E-state index in [0.717, 1.165) is 5.92 Å². The summed E-state index contributed by atoms with van der Waals surface area (Å²) in [6.45, 7) is 8.93. The summed E-state index contributed by atoms with van der Waals surface area (Å²) in [4.78, 5) is 0. The molecule has 204 valence electrons. The number of hydrogen-bond acceptors (Lipinski definition) is 0. The van der Waals surface area contributed by atoms with Crippen molar-refractivity contribution in [1.82, 2.24) is 0 Å². The highest BCUT2D eigenvalue weighted by Gasteiger charge is 2.18. The largest absolute Gasteiger partial charge is 0.0850 e. The molecule has 0 nitrogen and oxygen atoms in total. The monoisotopic (exact) mass is 477 g/mol. The molecular weight excluding hydrogens is 408 g/mol. The zero-order chi connectivity index (χ0) is 25.0. The Bertz CT molecular complexity index is 344. The van der Waals surface area contributed by atoms with Crippen LogP contribution in [-0.4, -0.2) is 0 Å². The van der Waals surface area contributed by atoms with Crippen molar-refractivity contribution in [2.75, 3.05) is 0 Å². The average molecular weight is 477 g/mol. The van der Waals surface area contributed by atoms with Crippen molar-refractivity contribution in [3.63, 3.8) is 0 Å². The highest BCUT2D eigenvalue weighted by molar-refractivity contribution is 5.11. The lowest BCUT2D eigenvalue weighted by Crippen LogP contribution is -2.07. The van der Waals surface area contributed by atoms with Crippen LogP contribution >= 0.6 is 0 Å². The van der Waals surface area contributed by atoms with E-state index in [4.69, 9.17) is 0 Å². The third kappa shape index (κ3) is 23.5. The number of rotatable bonds is 7. The molecule has 0 unspecified atom stereocenters. The molecule has 0 heteroatoms. The van der Waals surface area contributed by atoms with E-state index in [1.165, 1.54) is 173 Å². The van der Waals surface area contributed by atoms with Crippen LogP contribution in [0.25, 0.3) is 0 Å². The van der Waals surface area contributed by atoms with E-state index in [1.807, 2.05) is 5.57 Å². The third-order valence-corrected chi connectivity index (χ3v) is 7.87. The van der Waals surface area contributed by atoms with Crippen molar-refractivity contribution in [2.45, 2.75) is 201 Å². The van der Waals surface area contributed by atoms with Crippen LogP contribution in [0.5, 0.6) is 0 Å². The van der Waals surface area contributed by atoms with Crippen LogP contribution in [0.3, 0.4) is 0 Å². The summed E-state index contributed by atoms with van der Waals surface area (Å²) in [5.74, 6) is 1.01. The fourth-order valence-electron chi connectivity index (χ4n) is 5.48. The zero-order valence-corrected chi connectivity index (χ0v) is 24.7. The van der Waals surface area contributed by atoms with E-state index >= 15 is 0 Å². The van der Waals surface area contributed by atoms with Crippen molar-refractivity contribution in [3.8, 4) is 0 Å². The van der Waals surface area contributed by atoms with E-state index in [9.17, 15) is 0 Å². The minimum Gasteiger partial charge on any atom is -0.0850 e. The Labute approximate surface area is 218 Å². The first-order valence-electron chi connectivity index (χ1n) is 16.5. The molecule has 3 saturated carbocycles. The van der Waals surface area contributed by atoms with Gasteiger partial charge in [0.25, 0.3) is 0 Å². The number of allylic oxidation sites excluding steroid dienone is 2. The maximum Gasteiger partial charge on any atom is -0.0203 e. The van der Waals surface area contributed by atoms with Crippen molar-refractivity contribution in [2.24, 2.45) is 5.92 Å². The molecule has 4 aliphatic carbocycles. The van der Waals surface area contributed by atoms with Gasteiger partial charge in [-0.3, -0.25) is 0 Å². The molecule has 0 aromatic heterocycles. The summed E-state index contributed by atoms with van der Waals surface area (Å²) in [5, 5.41) is 0. The fourth-order valence-corrected chi connectivity index (χ4v) is 5.48. The molecule has 0 bridgehead atoms. The predicted molar refractivity (Wildman–Crippen MR) is 159 cm³/mol. The first-order chi connectivity index (χ1) is 16.8. The Morgan fingerprint density at radius 1 is 0.471 bits per heavy atom. The molecule has 0 spiro atoms. The lowest BCUT2D eigenvalue weighted by Gasteiger charge is -2.22. The second-order valence-electron chi connectivity index (χ2n) is 11.3. The lowest BCUT2D eigenvalue weighted by molar-refractivity contribution is 0.397. The standard InChI is InChI=1S/C11H18.C6H12.2C6H14.C5H10/c1-2-6-10(7-3-1)11-8-4-5-9-11;1-2-4-6-5-3-1;2*1-3-5-6-4-2;1-2-4-5-3-1/h8,10H,1-7,9H2;1-6H2;2*3-6H2,1-2H3;1-5H2. The van der Waals surface area contributed by atoms with E-state index in [0.29, 0.717) is 0 Å². The highest BCUT2D eigenvalue weighted by Crippen LogP contribution is 2.35. The van der Waals surface area contributed by atoms with Crippen LogP contribution in [-0.2, 0) is 0 Å². The van der Waals surface area contributed by atoms with Crippen molar-refractivity contribution >= 4 is 0 Å². The highest BCUT2D eigenvalue weighted by atomic mass is 14.2. The molecule has 0 N–H and O–H groups in total. The van der Waals surface area contributed by atoms with Gasteiger partial charge in [0.2, 0.25) is 0 Å². The third-order valence-electron chi connectivity index (χ3n) is 7.87. The molecule has 34 heavy (non-hydrogen) atoms. The average Bonchev–Trinajstić information content (AvgIpc) is 3.67. The van der Waals surface area contributed by atoms with Crippen molar-refractivity contribution in [3.05, 3.63) is 11.6 Å². The Morgan fingerprint density at radius 2 is 0.794 bits per heavy atom. The molecule has 3 fully saturated rings. The van der Waals surface area contributed by atoms with Gasteiger partial charge in [-0.1, -0.05) is 181 Å². The second-order valence-corrected chi connectivity index (χ2v) is 11.3. The van der Waals surface area contributed by atoms with Crippen LogP contribution in [0.15, 0.2) is 11.6 Å². The van der Waals surface area contributed by atoms with Gasteiger partial charge in [-0.15, -0.1) is 0 Å². The SMILES string of the molecule is C1=C(C2CCCCC2)CCC1.C1CCCC1.C1CCCCC1.CCCCCC.CCCCCC. The summed E-state index contributed by atoms with van der Waals surface area (Å²) in [5.41, 5.74) is 1.81. The molecular formula is C34H68. The fraction of sp³-hybridized carbons (Fsp3) is 0.941. The van der Waals surface area contributed by atoms with Crippen molar-refractivity contribution < 1.29 is 0 Å². The second kappa shape index (κ2) is 29.0. The topological polar surface area (TPSA) is 0 Å². The van der Waals surface area contributed by atoms with Crippen LogP contribution in [0, 0.1) is 5.92 Å². The molecule has 4 aliphatic rings. The minimum absolute atomic E-state index is 1.01. The van der Waals surface area contributed by atoms with Crippen LogP contribution < -0.4 is 0 Å². The van der Waals surface area contributed by atoms with E-state index in [1.54, 1.807) is 0 Å². The Morgan fingerprint density at radius 3 is 1.06 bits per heavy atom. The normalized spacial score (nSPS) is 19.7. The summed E-state index contributed by atoms with van der Waals surface area (Å²) < 4.78 is 0. The van der Waals surface area contributed by atoms with Gasteiger partial charge in [0.05, 0.1) is 0 Å². The predicted octanol–water partition coefficient (Wildman–Crippen LogP) is 13.1. The molecule has 0 heterocycles. The molecule has 0 radical (unpaired) electrons. The zero-order valence-electron chi connectivity index (χ0n) is 24.7. The first kappa shape index (κ1) is 33.7. The number of unbranched alkanes of at least 4 members (excludes halogenated alkanes) is 6. The van der Waals surface area contributed by atoms with Gasteiger partial charge in [-0.2, -0.15) is 0 Å². The van der Waals surface area contributed by atoms with Gasteiger partial charge in [-0.05, 0) is 38.0 Å². The molecule has 4 rings (SSSR count).